The van der Waals surface area contributed by atoms with Crippen molar-refractivity contribution in [3.05, 3.63) is 35.9 Å². The Labute approximate surface area is 120 Å². The quantitative estimate of drug-likeness (QED) is 0.830. The summed E-state index contributed by atoms with van der Waals surface area (Å²) in [4.78, 5) is 12.1. The Bertz CT molecular complexity index is 523. The molecule has 4 nitrogen and oxygen atoms in total. The van der Waals surface area contributed by atoms with Crippen molar-refractivity contribution >= 4 is 11.6 Å². The summed E-state index contributed by atoms with van der Waals surface area (Å²) in [5, 5.41) is 2.95. The minimum absolute atomic E-state index is 0.00479. The summed E-state index contributed by atoms with van der Waals surface area (Å²) in [5.74, 6) is 0.684. The van der Waals surface area contributed by atoms with Gasteiger partial charge in [0.15, 0.2) is 0 Å². The molecule has 0 bridgehead atoms. The molecule has 20 heavy (non-hydrogen) atoms. The van der Waals surface area contributed by atoms with Crippen LogP contribution < -0.4 is 15.8 Å². The van der Waals surface area contributed by atoms with Crippen LogP contribution in [0.25, 0.3) is 0 Å². The van der Waals surface area contributed by atoms with Gasteiger partial charge in [-0.15, -0.1) is 0 Å². The van der Waals surface area contributed by atoms with Gasteiger partial charge in [0.25, 0.3) is 0 Å². The maximum absolute atomic E-state index is 12.1. The van der Waals surface area contributed by atoms with Gasteiger partial charge in [0, 0.05) is 11.7 Å². The van der Waals surface area contributed by atoms with Crippen molar-refractivity contribution in [3.8, 4) is 5.75 Å². The lowest BCUT2D eigenvalue weighted by Crippen LogP contribution is -2.24. The van der Waals surface area contributed by atoms with Gasteiger partial charge in [-0.3, -0.25) is 4.79 Å². The number of hydrogen-bond acceptors (Lipinski definition) is 3. The zero-order valence-corrected chi connectivity index (χ0v) is 12.2. The summed E-state index contributed by atoms with van der Waals surface area (Å²) in [6, 6.07) is 5.68. The van der Waals surface area contributed by atoms with E-state index in [4.69, 9.17) is 10.5 Å². The molecule has 0 radical (unpaired) electrons. The van der Waals surface area contributed by atoms with E-state index in [0.29, 0.717) is 6.42 Å². The maximum atomic E-state index is 12.1. The first-order chi connectivity index (χ1) is 9.45. The van der Waals surface area contributed by atoms with E-state index in [1.807, 2.05) is 51.1 Å². The van der Waals surface area contributed by atoms with Crippen molar-refractivity contribution in [2.45, 2.75) is 39.3 Å². The fraction of sp³-hybridized carbons (Fsp3) is 0.438. The predicted molar refractivity (Wildman–Crippen MR) is 80.8 cm³/mol. The van der Waals surface area contributed by atoms with Crippen LogP contribution in [-0.4, -0.2) is 18.1 Å². The molecule has 1 amide bonds. The van der Waals surface area contributed by atoms with Crippen LogP contribution in [0.2, 0.25) is 0 Å². The van der Waals surface area contributed by atoms with E-state index in [-0.39, 0.29) is 24.0 Å². The van der Waals surface area contributed by atoms with Gasteiger partial charge in [0.1, 0.15) is 5.75 Å². The number of aryl methyl sites for hydroxylation is 1. The Morgan fingerprint density at radius 3 is 2.70 bits per heavy atom. The smallest absolute Gasteiger partial charge is 0.231 e. The first-order valence-corrected chi connectivity index (χ1v) is 6.98. The van der Waals surface area contributed by atoms with Crippen LogP contribution in [-0.2, 0) is 4.79 Å². The van der Waals surface area contributed by atoms with E-state index in [1.165, 1.54) is 0 Å². The SMILES string of the molecule is Cc1cc(OC(C)C)ccc1NC(=O)C1C=CC(N)C1. The first kappa shape index (κ1) is 14.6. The normalized spacial score (nSPS) is 21.2. The molecule has 1 aromatic carbocycles. The van der Waals surface area contributed by atoms with Gasteiger partial charge in [0.05, 0.1) is 12.0 Å². The zero-order chi connectivity index (χ0) is 14.7. The molecule has 1 aliphatic rings. The molecule has 2 unspecified atom stereocenters. The Hall–Kier alpha value is -1.81. The molecule has 0 aliphatic heterocycles. The number of nitrogens with two attached hydrogens (primary N) is 1. The van der Waals surface area contributed by atoms with Crippen molar-refractivity contribution in [2.24, 2.45) is 11.7 Å². The number of rotatable bonds is 4. The summed E-state index contributed by atoms with van der Waals surface area (Å²) in [5.41, 5.74) is 7.58. The van der Waals surface area contributed by atoms with Gasteiger partial charge in [-0.2, -0.15) is 0 Å². The Morgan fingerprint density at radius 1 is 1.40 bits per heavy atom. The lowest BCUT2D eigenvalue weighted by molar-refractivity contribution is -0.118. The monoisotopic (exact) mass is 274 g/mol. The number of amides is 1. The largest absolute Gasteiger partial charge is 0.491 e. The molecule has 0 heterocycles. The fourth-order valence-corrected chi connectivity index (χ4v) is 2.27. The summed E-state index contributed by atoms with van der Waals surface area (Å²) in [7, 11) is 0. The molecule has 0 spiro atoms. The van der Waals surface area contributed by atoms with Gasteiger partial charge in [-0.25, -0.2) is 0 Å². The average Bonchev–Trinajstić information content (AvgIpc) is 2.78. The molecule has 2 atom stereocenters. The second kappa shape index (κ2) is 6.09. The van der Waals surface area contributed by atoms with Crippen molar-refractivity contribution in [2.75, 3.05) is 5.32 Å². The molecule has 1 aromatic rings. The average molecular weight is 274 g/mol. The van der Waals surface area contributed by atoms with Crippen LogP contribution >= 0.6 is 0 Å². The molecule has 0 saturated carbocycles. The zero-order valence-electron chi connectivity index (χ0n) is 12.2. The highest BCUT2D eigenvalue weighted by Gasteiger charge is 2.23. The highest BCUT2D eigenvalue weighted by molar-refractivity contribution is 5.94. The van der Waals surface area contributed by atoms with Crippen LogP contribution in [0.4, 0.5) is 5.69 Å². The molecular weight excluding hydrogens is 252 g/mol. The summed E-state index contributed by atoms with van der Waals surface area (Å²) >= 11 is 0. The van der Waals surface area contributed by atoms with E-state index in [0.717, 1.165) is 17.0 Å². The Kier molecular flexibility index (Phi) is 4.45. The van der Waals surface area contributed by atoms with Gasteiger partial charge in [0.2, 0.25) is 5.91 Å². The van der Waals surface area contributed by atoms with E-state index in [1.54, 1.807) is 0 Å². The minimum atomic E-state index is -0.129. The number of ether oxygens (including phenoxy) is 1. The van der Waals surface area contributed by atoms with Gasteiger partial charge in [-0.05, 0) is 51.0 Å². The molecule has 1 aliphatic carbocycles. The van der Waals surface area contributed by atoms with Gasteiger partial charge in [-0.1, -0.05) is 12.2 Å². The standard InChI is InChI=1S/C16H22N2O2/c1-10(2)20-14-6-7-15(11(3)8-14)18-16(19)12-4-5-13(17)9-12/h4-8,10,12-13H,9,17H2,1-3H3,(H,18,19). The number of carbonyl (C=O) groups is 1. The van der Waals surface area contributed by atoms with Gasteiger partial charge < -0.3 is 15.8 Å². The predicted octanol–water partition coefficient (Wildman–Crippen LogP) is 2.62. The van der Waals surface area contributed by atoms with Crippen molar-refractivity contribution in [1.29, 1.82) is 0 Å². The molecule has 4 heteroatoms. The molecule has 0 saturated heterocycles. The lowest BCUT2D eigenvalue weighted by atomic mass is 10.1. The molecule has 0 fully saturated rings. The maximum Gasteiger partial charge on any atom is 0.231 e. The molecule has 3 N–H and O–H groups in total. The highest BCUT2D eigenvalue weighted by Crippen LogP contribution is 2.24. The van der Waals surface area contributed by atoms with E-state index < -0.39 is 0 Å². The molecule has 108 valence electrons. The second-order valence-corrected chi connectivity index (χ2v) is 5.52. The number of nitrogens with one attached hydrogen (secondary N) is 1. The van der Waals surface area contributed by atoms with Crippen molar-refractivity contribution in [1.82, 2.24) is 0 Å². The van der Waals surface area contributed by atoms with Gasteiger partial charge >= 0.3 is 0 Å². The van der Waals surface area contributed by atoms with Crippen molar-refractivity contribution < 1.29 is 9.53 Å². The molecular formula is C16H22N2O2. The second-order valence-electron chi connectivity index (χ2n) is 5.52. The topological polar surface area (TPSA) is 64.3 Å². The Morgan fingerprint density at radius 2 is 2.15 bits per heavy atom. The number of carbonyl (C=O) groups excluding carboxylic acids is 1. The lowest BCUT2D eigenvalue weighted by Gasteiger charge is -2.15. The molecule has 2 rings (SSSR count). The number of benzene rings is 1. The molecule has 0 aromatic heterocycles. The van der Waals surface area contributed by atoms with Crippen LogP contribution in [0.3, 0.4) is 0 Å². The highest BCUT2D eigenvalue weighted by atomic mass is 16.5. The summed E-state index contributed by atoms with van der Waals surface area (Å²) < 4.78 is 5.63. The fourth-order valence-electron chi connectivity index (χ4n) is 2.27. The number of anilines is 1. The third kappa shape index (κ3) is 3.61. The first-order valence-electron chi connectivity index (χ1n) is 6.98. The minimum Gasteiger partial charge on any atom is -0.491 e. The Balaban J connectivity index is 2.03. The van der Waals surface area contributed by atoms with Crippen LogP contribution in [0.1, 0.15) is 25.8 Å². The summed E-state index contributed by atoms with van der Waals surface area (Å²) in [6.45, 7) is 5.93. The van der Waals surface area contributed by atoms with E-state index >= 15 is 0 Å². The van der Waals surface area contributed by atoms with Crippen LogP contribution in [0.5, 0.6) is 5.75 Å². The summed E-state index contributed by atoms with van der Waals surface area (Å²) in [6.07, 6.45) is 4.58. The van der Waals surface area contributed by atoms with Crippen LogP contribution in [0, 0.1) is 12.8 Å². The third-order valence-electron chi connectivity index (χ3n) is 3.28. The van der Waals surface area contributed by atoms with E-state index in [9.17, 15) is 4.79 Å². The number of hydrogen-bond donors (Lipinski definition) is 2. The van der Waals surface area contributed by atoms with Crippen LogP contribution in [0.15, 0.2) is 30.4 Å². The van der Waals surface area contributed by atoms with E-state index in [2.05, 4.69) is 5.32 Å². The van der Waals surface area contributed by atoms with Crippen molar-refractivity contribution in [3.63, 3.8) is 0 Å². The third-order valence-corrected chi connectivity index (χ3v) is 3.28.